The number of ether oxygens (including phenoxy) is 1. The lowest BCUT2D eigenvalue weighted by atomic mass is 10.1. The van der Waals surface area contributed by atoms with Gasteiger partial charge in [0.15, 0.2) is 5.82 Å². The average Bonchev–Trinajstić information content (AvgIpc) is 3.49. The summed E-state index contributed by atoms with van der Waals surface area (Å²) in [5, 5.41) is 11.0. The van der Waals surface area contributed by atoms with E-state index in [1.54, 1.807) is 24.1 Å². The highest BCUT2D eigenvalue weighted by molar-refractivity contribution is 6.06. The molecule has 200 valence electrons. The highest BCUT2D eigenvalue weighted by Crippen LogP contribution is 2.34. The SMILES string of the molecule is COc1nn(C)cc1Nc1ncc(F)c(-c2c[nH]c3c(NC(=O)[C@@H](C)N4CCN(C)[C@H](C)C4)cccc23)n1. The largest absolute Gasteiger partial charge is 0.478 e. The minimum atomic E-state index is -0.568. The molecule has 0 saturated carbocycles. The number of aromatic amines is 1. The number of H-pyrrole nitrogens is 1. The number of carbonyl (C=O) groups excluding carboxylic acids is 1. The summed E-state index contributed by atoms with van der Waals surface area (Å²) in [6.07, 6.45) is 4.53. The number of aromatic nitrogens is 5. The Labute approximate surface area is 220 Å². The van der Waals surface area contributed by atoms with Gasteiger partial charge in [-0.3, -0.25) is 14.4 Å². The second-order valence-electron chi connectivity index (χ2n) is 9.66. The minimum Gasteiger partial charge on any atom is -0.478 e. The molecular formula is C26H32FN9O2. The predicted octanol–water partition coefficient (Wildman–Crippen LogP) is 3.21. The summed E-state index contributed by atoms with van der Waals surface area (Å²) < 4.78 is 21.8. The average molecular weight is 522 g/mol. The first-order valence-corrected chi connectivity index (χ1v) is 12.5. The summed E-state index contributed by atoms with van der Waals surface area (Å²) in [6.45, 7) is 6.67. The highest BCUT2D eigenvalue weighted by atomic mass is 19.1. The molecule has 12 heteroatoms. The van der Waals surface area contributed by atoms with Crippen molar-refractivity contribution in [2.45, 2.75) is 25.9 Å². The maximum absolute atomic E-state index is 14.9. The third-order valence-electron chi connectivity index (χ3n) is 7.13. The lowest BCUT2D eigenvalue weighted by Gasteiger charge is -2.40. The predicted molar refractivity (Wildman–Crippen MR) is 144 cm³/mol. The van der Waals surface area contributed by atoms with Gasteiger partial charge in [-0.25, -0.2) is 14.4 Å². The van der Waals surface area contributed by atoms with Crippen LogP contribution < -0.4 is 15.4 Å². The molecule has 1 aliphatic rings. The summed E-state index contributed by atoms with van der Waals surface area (Å²) >= 11 is 0. The fourth-order valence-electron chi connectivity index (χ4n) is 4.73. The zero-order chi connectivity index (χ0) is 27.0. The molecular weight excluding hydrogens is 489 g/mol. The van der Waals surface area contributed by atoms with Crippen LogP contribution in [0.4, 0.5) is 21.7 Å². The van der Waals surface area contributed by atoms with Crippen molar-refractivity contribution in [3.63, 3.8) is 0 Å². The number of likely N-dealkylation sites (N-methyl/N-ethyl adjacent to an activating group) is 1. The molecule has 11 nitrogen and oxygen atoms in total. The van der Waals surface area contributed by atoms with Crippen molar-refractivity contribution in [2.24, 2.45) is 7.05 Å². The molecule has 0 bridgehead atoms. The molecule has 4 aromatic rings. The minimum absolute atomic E-state index is 0.0875. The molecule has 1 saturated heterocycles. The standard InChI is InChI=1S/C26H32FN9O2/c1-15-13-36(10-9-34(15)3)16(2)24(37)30-20-8-6-7-17-18(11-28-23(17)20)22-19(27)12-29-26(32-22)31-21-14-35(4)33-25(21)38-5/h6-8,11-12,14-16,28H,9-10,13H2,1-5H3,(H,30,37)(H,29,31,32)/t15-,16-/m1/s1. The number of fused-ring (bicyclic) bond motifs is 1. The second kappa shape index (κ2) is 10.4. The number of para-hydroxylation sites is 1. The Balaban J connectivity index is 1.40. The molecule has 38 heavy (non-hydrogen) atoms. The number of nitrogens with zero attached hydrogens (tertiary/aromatic N) is 6. The van der Waals surface area contributed by atoms with Gasteiger partial charge in [0.2, 0.25) is 11.9 Å². The lowest BCUT2D eigenvalue weighted by molar-refractivity contribution is -0.121. The molecule has 2 atom stereocenters. The van der Waals surface area contributed by atoms with E-state index >= 15 is 0 Å². The Hall–Kier alpha value is -4.03. The molecule has 5 rings (SSSR count). The molecule has 0 unspecified atom stereocenters. The molecule has 0 spiro atoms. The molecule has 0 aliphatic carbocycles. The van der Waals surface area contributed by atoms with Gasteiger partial charge in [-0.1, -0.05) is 12.1 Å². The van der Waals surface area contributed by atoms with Crippen LogP contribution in [0.15, 0.2) is 36.8 Å². The molecule has 1 amide bonds. The van der Waals surface area contributed by atoms with E-state index < -0.39 is 5.82 Å². The Bertz CT molecular complexity index is 1470. The number of halogens is 1. The number of methoxy groups -OCH3 is 1. The van der Waals surface area contributed by atoms with E-state index in [2.05, 4.69) is 54.5 Å². The van der Waals surface area contributed by atoms with Crippen LogP contribution in [0.1, 0.15) is 13.8 Å². The molecule has 1 aromatic carbocycles. The van der Waals surface area contributed by atoms with Crippen molar-refractivity contribution in [1.29, 1.82) is 0 Å². The first kappa shape index (κ1) is 25.6. The third-order valence-corrected chi connectivity index (χ3v) is 7.13. The molecule has 4 heterocycles. The molecule has 1 aliphatic heterocycles. The van der Waals surface area contributed by atoms with Gasteiger partial charge in [-0.05, 0) is 27.0 Å². The van der Waals surface area contributed by atoms with Crippen LogP contribution in [0, 0.1) is 5.82 Å². The maximum Gasteiger partial charge on any atom is 0.256 e. The maximum atomic E-state index is 14.9. The van der Waals surface area contributed by atoms with E-state index in [9.17, 15) is 9.18 Å². The number of aryl methyl sites for hydroxylation is 1. The molecule has 3 aromatic heterocycles. The van der Waals surface area contributed by atoms with Crippen LogP contribution in [-0.2, 0) is 11.8 Å². The third kappa shape index (κ3) is 4.92. The Morgan fingerprint density at radius 3 is 2.84 bits per heavy atom. The van der Waals surface area contributed by atoms with E-state index in [4.69, 9.17) is 4.74 Å². The highest BCUT2D eigenvalue weighted by Gasteiger charge is 2.28. The fourth-order valence-corrected chi connectivity index (χ4v) is 4.73. The van der Waals surface area contributed by atoms with Gasteiger partial charge in [0.05, 0.1) is 36.7 Å². The number of hydrogen-bond acceptors (Lipinski definition) is 8. The van der Waals surface area contributed by atoms with E-state index in [-0.39, 0.29) is 23.6 Å². The summed E-state index contributed by atoms with van der Waals surface area (Å²) in [5.74, 6) is -0.0891. The van der Waals surface area contributed by atoms with Crippen molar-refractivity contribution in [3.8, 4) is 17.1 Å². The van der Waals surface area contributed by atoms with E-state index in [1.165, 1.54) is 7.11 Å². The van der Waals surface area contributed by atoms with Gasteiger partial charge in [0, 0.05) is 49.9 Å². The van der Waals surface area contributed by atoms with Gasteiger partial charge < -0.3 is 25.3 Å². The van der Waals surface area contributed by atoms with Crippen LogP contribution in [-0.4, -0.2) is 86.3 Å². The summed E-state index contributed by atoms with van der Waals surface area (Å²) in [5.41, 5.74) is 2.55. The van der Waals surface area contributed by atoms with Gasteiger partial charge in [-0.15, -0.1) is 5.10 Å². The monoisotopic (exact) mass is 521 g/mol. The van der Waals surface area contributed by atoms with Crippen LogP contribution in [0.2, 0.25) is 0 Å². The fraction of sp³-hybridized carbons (Fsp3) is 0.385. The number of benzene rings is 1. The molecule has 3 N–H and O–H groups in total. The number of hydrogen-bond donors (Lipinski definition) is 3. The Morgan fingerprint density at radius 1 is 1.26 bits per heavy atom. The number of carbonyl (C=O) groups is 1. The lowest BCUT2D eigenvalue weighted by Crippen LogP contribution is -2.55. The quantitative estimate of drug-likeness (QED) is 0.340. The zero-order valence-corrected chi connectivity index (χ0v) is 22.1. The van der Waals surface area contributed by atoms with Crippen LogP contribution in [0.5, 0.6) is 5.88 Å². The van der Waals surface area contributed by atoms with Crippen LogP contribution >= 0.6 is 0 Å². The topological polar surface area (TPSA) is 116 Å². The van der Waals surface area contributed by atoms with E-state index in [0.717, 1.165) is 31.2 Å². The summed E-state index contributed by atoms with van der Waals surface area (Å²) in [7, 11) is 5.38. The first-order valence-electron chi connectivity index (χ1n) is 12.5. The number of nitrogens with one attached hydrogen (secondary N) is 3. The van der Waals surface area contributed by atoms with Crippen molar-refractivity contribution in [1.82, 2.24) is 34.5 Å². The first-order chi connectivity index (χ1) is 18.2. The zero-order valence-electron chi connectivity index (χ0n) is 22.1. The van der Waals surface area contributed by atoms with Crippen molar-refractivity contribution >= 4 is 34.1 Å². The smallest absolute Gasteiger partial charge is 0.256 e. The van der Waals surface area contributed by atoms with Gasteiger partial charge in [0.1, 0.15) is 11.4 Å². The van der Waals surface area contributed by atoms with E-state index in [1.807, 2.05) is 25.1 Å². The summed E-state index contributed by atoms with van der Waals surface area (Å²) in [6, 6.07) is 5.62. The van der Waals surface area contributed by atoms with Gasteiger partial charge in [-0.2, -0.15) is 0 Å². The van der Waals surface area contributed by atoms with Crippen LogP contribution in [0.25, 0.3) is 22.2 Å². The van der Waals surface area contributed by atoms with Crippen molar-refractivity contribution < 1.29 is 13.9 Å². The Kier molecular flexibility index (Phi) is 7.00. The van der Waals surface area contributed by atoms with Gasteiger partial charge in [0.25, 0.3) is 5.88 Å². The number of amides is 1. The number of rotatable bonds is 7. The van der Waals surface area contributed by atoms with Crippen LogP contribution in [0.3, 0.4) is 0 Å². The van der Waals surface area contributed by atoms with E-state index in [0.29, 0.717) is 34.4 Å². The second-order valence-corrected chi connectivity index (χ2v) is 9.66. The van der Waals surface area contributed by atoms with Crippen molar-refractivity contribution in [2.75, 3.05) is 44.4 Å². The Morgan fingerprint density at radius 2 is 2.08 bits per heavy atom. The number of piperazine rings is 1. The van der Waals surface area contributed by atoms with Gasteiger partial charge >= 0.3 is 0 Å². The number of anilines is 3. The normalized spacial score (nSPS) is 17.5. The molecule has 1 fully saturated rings. The van der Waals surface area contributed by atoms with Crippen molar-refractivity contribution in [3.05, 3.63) is 42.6 Å². The molecule has 0 radical (unpaired) electrons. The summed E-state index contributed by atoms with van der Waals surface area (Å²) in [4.78, 5) is 29.4.